The lowest BCUT2D eigenvalue weighted by atomic mass is 10.0. The quantitative estimate of drug-likeness (QED) is 0.801. The van der Waals surface area contributed by atoms with Gasteiger partial charge in [0, 0.05) is 37.2 Å². The zero-order valence-electron chi connectivity index (χ0n) is 13.5. The molecule has 0 aromatic heterocycles. The van der Waals surface area contributed by atoms with Crippen molar-refractivity contribution in [3.8, 4) is 0 Å². The van der Waals surface area contributed by atoms with E-state index in [1.807, 2.05) is 42.1 Å². The van der Waals surface area contributed by atoms with Gasteiger partial charge in [0.05, 0.1) is 0 Å². The van der Waals surface area contributed by atoms with Crippen LogP contribution < -0.4 is 5.32 Å². The van der Waals surface area contributed by atoms with E-state index >= 15 is 0 Å². The molecule has 5 heteroatoms. The number of nitrogens with one attached hydrogen (secondary N) is 1. The third kappa shape index (κ3) is 4.49. The molecule has 1 amide bonds. The molecule has 1 saturated heterocycles. The second kappa shape index (κ2) is 8.18. The zero-order valence-corrected chi connectivity index (χ0v) is 14.3. The monoisotopic (exact) mass is 334 g/mol. The van der Waals surface area contributed by atoms with E-state index in [0.29, 0.717) is 12.3 Å². The third-order valence-corrected chi connectivity index (χ3v) is 5.68. The summed E-state index contributed by atoms with van der Waals surface area (Å²) >= 11 is 1.95. The lowest BCUT2D eigenvalue weighted by molar-refractivity contribution is -0.127. The Balaban J connectivity index is 1.74. The Bertz CT molecular complexity index is 501. The molecule has 1 aliphatic carbocycles. The summed E-state index contributed by atoms with van der Waals surface area (Å²) in [7, 11) is 0. The van der Waals surface area contributed by atoms with Gasteiger partial charge >= 0.3 is 0 Å². The maximum atomic E-state index is 13.0. The number of benzene rings is 1. The highest BCUT2D eigenvalue weighted by Gasteiger charge is 2.35. The first kappa shape index (κ1) is 16.8. The number of rotatable bonds is 7. The number of hydrogen-bond acceptors (Lipinski definition) is 4. The van der Waals surface area contributed by atoms with Crippen molar-refractivity contribution in [1.29, 1.82) is 0 Å². The SMILES string of the molecule is O=C(NC(CCO)C1CC1)C(c1ccccc1)N1CCSCC1. The Kier molecular flexibility index (Phi) is 5.97. The maximum Gasteiger partial charge on any atom is 0.242 e. The molecule has 0 spiro atoms. The van der Waals surface area contributed by atoms with Gasteiger partial charge in [0.25, 0.3) is 0 Å². The molecule has 1 heterocycles. The van der Waals surface area contributed by atoms with Crippen molar-refractivity contribution < 1.29 is 9.90 Å². The van der Waals surface area contributed by atoms with Crippen LogP contribution in [0.15, 0.2) is 30.3 Å². The van der Waals surface area contributed by atoms with E-state index in [2.05, 4.69) is 10.2 Å². The second-order valence-electron chi connectivity index (χ2n) is 6.43. The van der Waals surface area contributed by atoms with Gasteiger partial charge < -0.3 is 10.4 Å². The predicted octanol–water partition coefficient (Wildman–Crippen LogP) is 2.05. The highest BCUT2D eigenvalue weighted by atomic mass is 32.2. The lowest BCUT2D eigenvalue weighted by Gasteiger charge is -2.34. The number of aliphatic hydroxyl groups is 1. The van der Waals surface area contributed by atoms with Crippen LogP contribution in [-0.4, -0.2) is 53.2 Å². The number of carbonyl (C=O) groups is 1. The van der Waals surface area contributed by atoms with Crippen molar-refractivity contribution in [3.05, 3.63) is 35.9 Å². The summed E-state index contributed by atoms with van der Waals surface area (Å²) in [5.41, 5.74) is 1.07. The molecule has 2 unspecified atom stereocenters. The van der Waals surface area contributed by atoms with Gasteiger partial charge in [-0.05, 0) is 30.7 Å². The molecule has 2 fully saturated rings. The maximum absolute atomic E-state index is 13.0. The van der Waals surface area contributed by atoms with Gasteiger partial charge in [-0.1, -0.05) is 30.3 Å². The topological polar surface area (TPSA) is 52.6 Å². The summed E-state index contributed by atoms with van der Waals surface area (Å²) in [6, 6.07) is 9.99. The molecule has 1 aromatic carbocycles. The van der Waals surface area contributed by atoms with E-state index in [0.717, 1.165) is 30.2 Å². The van der Waals surface area contributed by atoms with Crippen LogP contribution >= 0.6 is 11.8 Å². The van der Waals surface area contributed by atoms with E-state index in [1.165, 1.54) is 12.8 Å². The van der Waals surface area contributed by atoms with Crippen LogP contribution in [0, 0.1) is 5.92 Å². The minimum absolute atomic E-state index is 0.0912. The molecule has 0 radical (unpaired) electrons. The Labute approximate surface area is 142 Å². The largest absolute Gasteiger partial charge is 0.396 e. The van der Waals surface area contributed by atoms with Crippen LogP contribution in [0.4, 0.5) is 0 Å². The Morgan fingerprint density at radius 1 is 1.26 bits per heavy atom. The molecule has 1 aliphatic heterocycles. The minimum atomic E-state index is -0.211. The van der Waals surface area contributed by atoms with Gasteiger partial charge in [0.2, 0.25) is 5.91 Å². The summed E-state index contributed by atoms with van der Waals surface area (Å²) in [5, 5.41) is 12.5. The predicted molar refractivity (Wildman–Crippen MR) is 94.4 cm³/mol. The number of nitrogens with zero attached hydrogens (tertiary/aromatic N) is 1. The first-order valence-corrected chi connectivity index (χ1v) is 9.73. The Morgan fingerprint density at radius 2 is 1.96 bits per heavy atom. The van der Waals surface area contributed by atoms with Gasteiger partial charge in [-0.3, -0.25) is 9.69 Å². The Morgan fingerprint density at radius 3 is 2.57 bits per heavy atom. The molecule has 3 rings (SSSR count). The van der Waals surface area contributed by atoms with Gasteiger partial charge in [0.15, 0.2) is 0 Å². The van der Waals surface area contributed by atoms with Crippen LogP contribution in [0.2, 0.25) is 0 Å². The zero-order chi connectivity index (χ0) is 16.1. The summed E-state index contributed by atoms with van der Waals surface area (Å²) in [6.07, 6.45) is 3.00. The highest BCUT2D eigenvalue weighted by Crippen LogP contribution is 2.34. The average Bonchev–Trinajstić information content (AvgIpc) is 3.42. The number of aliphatic hydroxyl groups excluding tert-OH is 1. The summed E-state index contributed by atoms with van der Waals surface area (Å²) < 4.78 is 0. The molecular formula is C18H26N2O2S. The van der Waals surface area contributed by atoms with Gasteiger partial charge in [-0.25, -0.2) is 0 Å². The molecule has 23 heavy (non-hydrogen) atoms. The van der Waals surface area contributed by atoms with Crippen LogP contribution in [0.5, 0.6) is 0 Å². The fraction of sp³-hybridized carbons (Fsp3) is 0.611. The first-order chi connectivity index (χ1) is 11.3. The van der Waals surface area contributed by atoms with Crippen molar-refractivity contribution in [1.82, 2.24) is 10.2 Å². The number of thioether (sulfide) groups is 1. The first-order valence-electron chi connectivity index (χ1n) is 8.57. The normalized spacial score (nSPS) is 21.6. The third-order valence-electron chi connectivity index (χ3n) is 4.73. The van der Waals surface area contributed by atoms with Crippen LogP contribution in [-0.2, 0) is 4.79 Å². The van der Waals surface area contributed by atoms with Gasteiger partial charge in [0.1, 0.15) is 6.04 Å². The molecule has 0 bridgehead atoms. The van der Waals surface area contributed by atoms with E-state index in [1.54, 1.807) is 0 Å². The molecule has 1 aromatic rings. The van der Waals surface area contributed by atoms with Crippen molar-refractivity contribution in [3.63, 3.8) is 0 Å². The summed E-state index contributed by atoms with van der Waals surface area (Å²) in [5.74, 6) is 2.81. The summed E-state index contributed by atoms with van der Waals surface area (Å²) in [6.45, 7) is 2.04. The molecular weight excluding hydrogens is 308 g/mol. The van der Waals surface area contributed by atoms with Crippen molar-refractivity contribution in [2.75, 3.05) is 31.2 Å². The van der Waals surface area contributed by atoms with E-state index in [-0.39, 0.29) is 24.6 Å². The highest BCUT2D eigenvalue weighted by molar-refractivity contribution is 7.99. The fourth-order valence-electron chi connectivity index (χ4n) is 3.32. The van der Waals surface area contributed by atoms with Crippen molar-refractivity contribution >= 4 is 17.7 Å². The van der Waals surface area contributed by atoms with Crippen molar-refractivity contribution in [2.45, 2.75) is 31.3 Å². The van der Waals surface area contributed by atoms with Gasteiger partial charge in [-0.2, -0.15) is 11.8 Å². The van der Waals surface area contributed by atoms with Gasteiger partial charge in [-0.15, -0.1) is 0 Å². The minimum Gasteiger partial charge on any atom is -0.396 e. The molecule has 1 saturated carbocycles. The second-order valence-corrected chi connectivity index (χ2v) is 7.65. The van der Waals surface area contributed by atoms with Crippen LogP contribution in [0.1, 0.15) is 30.9 Å². The number of hydrogen-bond donors (Lipinski definition) is 2. The number of amides is 1. The molecule has 4 nitrogen and oxygen atoms in total. The molecule has 2 atom stereocenters. The molecule has 2 N–H and O–H groups in total. The average molecular weight is 334 g/mol. The molecule has 2 aliphatic rings. The molecule has 126 valence electrons. The lowest BCUT2D eigenvalue weighted by Crippen LogP contribution is -2.47. The van der Waals surface area contributed by atoms with Crippen LogP contribution in [0.25, 0.3) is 0 Å². The van der Waals surface area contributed by atoms with E-state index in [4.69, 9.17) is 0 Å². The number of carbonyl (C=O) groups excluding carboxylic acids is 1. The smallest absolute Gasteiger partial charge is 0.242 e. The van der Waals surface area contributed by atoms with Crippen LogP contribution in [0.3, 0.4) is 0 Å². The fourth-order valence-corrected chi connectivity index (χ4v) is 4.26. The Hall–Kier alpha value is -1.04. The van der Waals surface area contributed by atoms with Crippen molar-refractivity contribution in [2.24, 2.45) is 5.92 Å². The van der Waals surface area contributed by atoms with E-state index in [9.17, 15) is 9.90 Å². The van der Waals surface area contributed by atoms with E-state index < -0.39 is 0 Å². The standard InChI is InChI=1S/C18H26N2O2S/c21-11-8-16(14-6-7-14)19-18(22)17(15-4-2-1-3-5-15)20-9-12-23-13-10-20/h1-5,14,16-17,21H,6-13H2,(H,19,22). The summed E-state index contributed by atoms with van der Waals surface area (Å²) in [4.78, 5) is 15.3.